The number of nitriles is 1. The summed E-state index contributed by atoms with van der Waals surface area (Å²) in [6, 6.07) is 9.63. The molecule has 2 aromatic heterocycles. The number of nitrogens with zero attached hydrogens (tertiary/aromatic N) is 4. The largest absolute Gasteiger partial charge is 0.341 e. The average Bonchev–Trinajstić information content (AvgIpc) is 3.05. The van der Waals surface area contributed by atoms with Gasteiger partial charge in [0.15, 0.2) is 0 Å². The van der Waals surface area contributed by atoms with Crippen LogP contribution in [0.3, 0.4) is 0 Å². The summed E-state index contributed by atoms with van der Waals surface area (Å²) in [6.45, 7) is 1.79. The minimum absolute atomic E-state index is 0.0668. The highest BCUT2D eigenvalue weighted by molar-refractivity contribution is 9.10. The Hall–Kier alpha value is -2.21. The Morgan fingerprint density at radius 2 is 2.22 bits per heavy atom. The first-order chi connectivity index (χ1) is 13.1. The zero-order valence-corrected chi connectivity index (χ0v) is 17.0. The smallest absolute Gasteiger partial charge is 0.273 e. The van der Waals surface area contributed by atoms with Crippen molar-refractivity contribution in [1.82, 2.24) is 9.55 Å². The van der Waals surface area contributed by atoms with E-state index in [4.69, 9.17) is 10.7 Å². The summed E-state index contributed by atoms with van der Waals surface area (Å²) in [5.74, 6) is 0.620. The molecule has 3 aromatic rings. The van der Waals surface area contributed by atoms with Gasteiger partial charge in [0.25, 0.3) is 5.56 Å². The van der Waals surface area contributed by atoms with Crippen LogP contribution in [0, 0.1) is 11.3 Å². The molecule has 138 valence electrons. The summed E-state index contributed by atoms with van der Waals surface area (Å²) >= 11 is 4.88. The SMILES string of the molecule is N#Cc1ccccc1Cn1c(N2CCCC(N)C2)nc2c(Br)csc2c1=O. The predicted molar refractivity (Wildman–Crippen MR) is 111 cm³/mol. The van der Waals surface area contributed by atoms with Gasteiger partial charge in [0.2, 0.25) is 5.95 Å². The van der Waals surface area contributed by atoms with Gasteiger partial charge in [-0.05, 0) is 40.4 Å². The van der Waals surface area contributed by atoms with Gasteiger partial charge in [-0.2, -0.15) is 5.26 Å². The number of fused-ring (bicyclic) bond motifs is 1. The van der Waals surface area contributed by atoms with Gasteiger partial charge >= 0.3 is 0 Å². The number of halogens is 1. The summed E-state index contributed by atoms with van der Waals surface area (Å²) in [5, 5.41) is 11.3. The van der Waals surface area contributed by atoms with Gasteiger partial charge in [-0.25, -0.2) is 4.98 Å². The van der Waals surface area contributed by atoms with Gasteiger partial charge in [0.05, 0.1) is 22.7 Å². The zero-order chi connectivity index (χ0) is 19.0. The minimum atomic E-state index is -0.0856. The molecular weight excluding hydrogens is 426 g/mol. The van der Waals surface area contributed by atoms with E-state index < -0.39 is 0 Å². The van der Waals surface area contributed by atoms with E-state index in [0.717, 1.165) is 29.4 Å². The lowest BCUT2D eigenvalue weighted by molar-refractivity contribution is 0.492. The standard InChI is InChI=1S/C19H18BrN5OS/c20-15-11-27-17-16(15)23-19(24-7-3-6-14(22)10-24)25(18(17)26)9-13-5-2-1-4-12(13)8-21/h1-2,4-5,11,14H,3,6-7,9-10,22H2. The van der Waals surface area contributed by atoms with Crippen LogP contribution in [0.2, 0.25) is 0 Å². The van der Waals surface area contributed by atoms with Crippen LogP contribution < -0.4 is 16.2 Å². The normalized spacial score (nSPS) is 17.2. The van der Waals surface area contributed by atoms with Crippen molar-refractivity contribution < 1.29 is 0 Å². The zero-order valence-electron chi connectivity index (χ0n) is 14.6. The molecule has 0 saturated carbocycles. The second kappa shape index (κ2) is 7.43. The quantitative estimate of drug-likeness (QED) is 0.671. The highest BCUT2D eigenvalue weighted by Gasteiger charge is 2.24. The molecule has 3 heterocycles. The summed E-state index contributed by atoms with van der Waals surface area (Å²) in [7, 11) is 0. The second-order valence-electron chi connectivity index (χ2n) is 6.68. The summed E-state index contributed by atoms with van der Waals surface area (Å²) in [4.78, 5) is 20.2. The van der Waals surface area contributed by atoms with Gasteiger partial charge in [-0.1, -0.05) is 18.2 Å². The topological polar surface area (TPSA) is 87.9 Å². The third-order valence-electron chi connectivity index (χ3n) is 4.82. The fourth-order valence-electron chi connectivity index (χ4n) is 3.47. The van der Waals surface area contributed by atoms with Crippen LogP contribution in [-0.2, 0) is 6.54 Å². The van der Waals surface area contributed by atoms with E-state index in [-0.39, 0.29) is 11.6 Å². The first-order valence-corrected chi connectivity index (χ1v) is 10.4. The van der Waals surface area contributed by atoms with Crippen molar-refractivity contribution in [3.05, 3.63) is 55.6 Å². The van der Waals surface area contributed by atoms with Crippen LogP contribution in [-0.4, -0.2) is 28.7 Å². The molecule has 4 rings (SSSR count). The molecule has 2 N–H and O–H groups in total. The molecule has 1 aliphatic rings. The molecule has 1 aromatic carbocycles. The van der Waals surface area contributed by atoms with Crippen LogP contribution in [0.5, 0.6) is 0 Å². The molecule has 1 unspecified atom stereocenters. The average molecular weight is 444 g/mol. The Morgan fingerprint density at radius 1 is 1.41 bits per heavy atom. The Bertz CT molecular complexity index is 1100. The fraction of sp³-hybridized carbons (Fsp3) is 0.316. The van der Waals surface area contributed by atoms with Crippen LogP contribution in [0.4, 0.5) is 5.95 Å². The Kier molecular flexibility index (Phi) is 5.00. The number of aromatic nitrogens is 2. The van der Waals surface area contributed by atoms with E-state index in [9.17, 15) is 10.1 Å². The van der Waals surface area contributed by atoms with E-state index in [1.807, 2.05) is 23.6 Å². The summed E-state index contributed by atoms with van der Waals surface area (Å²) in [5.41, 5.74) is 8.14. The first-order valence-electron chi connectivity index (χ1n) is 8.74. The predicted octanol–water partition coefficient (Wildman–Crippen LogP) is 3.07. The maximum absolute atomic E-state index is 13.3. The van der Waals surface area contributed by atoms with Crippen LogP contribution in [0.15, 0.2) is 38.9 Å². The molecule has 0 amide bonds. The molecule has 1 fully saturated rings. The number of piperidine rings is 1. The number of thiophene rings is 1. The van der Waals surface area contributed by atoms with Gasteiger partial charge in [0, 0.05) is 24.5 Å². The Morgan fingerprint density at radius 3 is 3.00 bits per heavy atom. The van der Waals surface area contributed by atoms with Crippen molar-refractivity contribution in [1.29, 1.82) is 5.26 Å². The lowest BCUT2D eigenvalue weighted by Crippen LogP contribution is -2.45. The van der Waals surface area contributed by atoms with Crippen molar-refractivity contribution in [2.24, 2.45) is 5.73 Å². The van der Waals surface area contributed by atoms with Crippen LogP contribution >= 0.6 is 27.3 Å². The van der Waals surface area contributed by atoms with Crippen molar-refractivity contribution in [3.63, 3.8) is 0 Å². The molecule has 0 aliphatic carbocycles. The molecule has 0 bridgehead atoms. The maximum Gasteiger partial charge on any atom is 0.273 e. The highest BCUT2D eigenvalue weighted by Crippen LogP contribution is 2.29. The minimum Gasteiger partial charge on any atom is -0.341 e. The molecule has 0 radical (unpaired) electrons. The molecule has 6 nitrogen and oxygen atoms in total. The number of benzene rings is 1. The Labute approximate surface area is 169 Å². The van der Waals surface area contributed by atoms with E-state index >= 15 is 0 Å². The van der Waals surface area contributed by atoms with E-state index in [0.29, 0.717) is 34.8 Å². The lowest BCUT2D eigenvalue weighted by Gasteiger charge is -2.33. The molecule has 1 saturated heterocycles. The first kappa shape index (κ1) is 18.2. The third-order valence-corrected chi connectivity index (χ3v) is 6.69. The molecule has 0 spiro atoms. The van der Waals surface area contributed by atoms with Gasteiger partial charge in [-0.3, -0.25) is 9.36 Å². The van der Waals surface area contributed by atoms with E-state index in [1.54, 1.807) is 10.6 Å². The number of hydrogen-bond donors (Lipinski definition) is 1. The van der Waals surface area contributed by atoms with E-state index in [1.165, 1.54) is 11.3 Å². The van der Waals surface area contributed by atoms with Gasteiger partial charge in [-0.15, -0.1) is 11.3 Å². The molecule has 1 aliphatic heterocycles. The number of nitrogens with two attached hydrogens (primary N) is 1. The van der Waals surface area contributed by atoms with Crippen LogP contribution in [0.25, 0.3) is 10.2 Å². The maximum atomic E-state index is 13.3. The highest BCUT2D eigenvalue weighted by atomic mass is 79.9. The van der Waals surface area contributed by atoms with Crippen molar-refractivity contribution >= 4 is 43.4 Å². The number of rotatable bonds is 3. The molecule has 27 heavy (non-hydrogen) atoms. The van der Waals surface area contributed by atoms with Crippen molar-refractivity contribution in [2.75, 3.05) is 18.0 Å². The monoisotopic (exact) mass is 443 g/mol. The molecular formula is C19H18BrN5OS. The third kappa shape index (κ3) is 3.38. The molecule has 8 heteroatoms. The number of anilines is 1. The second-order valence-corrected chi connectivity index (χ2v) is 8.42. The van der Waals surface area contributed by atoms with Gasteiger partial charge in [0.1, 0.15) is 10.2 Å². The lowest BCUT2D eigenvalue weighted by atomic mass is 10.1. The molecule has 1 atom stereocenters. The Balaban J connectivity index is 1.89. The van der Waals surface area contributed by atoms with Crippen LogP contribution in [0.1, 0.15) is 24.0 Å². The summed E-state index contributed by atoms with van der Waals surface area (Å²) < 4.78 is 3.12. The van der Waals surface area contributed by atoms with E-state index in [2.05, 4.69) is 26.9 Å². The van der Waals surface area contributed by atoms with Crippen molar-refractivity contribution in [2.45, 2.75) is 25.4 Å². The fourth-order valence-corrected chi connectivity index (χ4v) is 4.98. The number of hydrogen-bond acceptors (Lipinski definition) is 6. The van der Waals surface area contributed by atoms with Crippen molar-refractivity contribution in [3.8, 4) is 6.07 Å². The van der Waals surface area contributed by atoms with Gasteiger partial charge < -0.3 is 10.6 Å². The summed E-state index contributed by atoms with van der Waals surface area (Å²) in [6.07, 6.45) is 1.94.